The second-order valence-corrected chi connectivity index (χ2v) is 8.83. The van der Waals surface area contributed by atoms with Crippen molar-refractivity contribution in [2.24, 2.45) is 0 Å². The van der Waals surface area contributed by atoms with Crippen molar-refractivity contribution in [1.29, 1.82) is 0 Å². The first kappa shape index (κ1) is 16.4. The summed E-state index contributed by atoms with van der Waals surface area (Å²) in [4.78, 5) is 13.8. The Morgan fingerprint density at radius 3 is 2.86 bits per heavy atom. The molecule has 1 aliphatic heterocycles. The van der Waals surface area contributed by atoms with E-state index in [1.807, 2.05) is 0 Å². The molecule has 6 nitrogen and oxygen atoms in total. The number of carbonyl (C=O) groups is 1. The van der Waals surface area contributed by atoms with E-state index in [1.54, 1.807) is 18.4 Å². The van der Waals surface area contributed by atoms with E-state index < -0.39 is 15.6 Å². The van der Waals surface area contributed by atoms with Crippen molar-refractivity contribution in [3.63, 3.8) is 0 Å². The number of piperidine rings is 1. The molecule has 2 rings (SSSR count). The second kappa shape index (κ2) is 6.04. The first-order chi connectivity index (χ1) is 9.72. The third-order valence-electron chi connectivity index (χ3n) is 3.55. The van der Waals surface area contributed by atoms with Gasteiger partial charge in [0, 0.05) is 20.1 Å². The number of nitrogens with zero attached hydrogens (tertiary/aromatic N) is 2. The normalized spacial score (nSPS) is 23.5. The minimum absolute atomic E-state index is 0.212. The molecule has 118 valence electrons. The number of likely N-dealkylation sites (N-methyl/N-ethyl adjacent to an activating group) is 1. The molecule has 1 unspecified atom stereocenters. The molecule has 1 aromatic rings. The molecule has 0 bridgehead atoms. The molecule has 1 N–H and O–H groups in total. The number of sulfonamides is 1. The van der Waals surface area contributed by atoms with Crippen LogP contribution in [-0.2, 0) is 14.8 Å². The summed E-state index contributed by atoms with van der Waals surface area (Å²) in [7, 11) is -2.22. The van der Waals surface area contributed by atoms with Gasteiger partial charge in [-0.15, -0.1) is 11.3 Å². The predicted octanol–water partition coefficient (Wildman–Crippen LogP) is 0.742. The summed E-state index contributed by atoms with van der Waals surface area (Å²) in [5, 5.41) is 11.7. The quantitative estimate of drug-likeness (QED) is 0.882. The summed E-state index contributed by atoms with van der Waals surface area (Å²) in [6.45, 7) is 2.29. The molecule has 1 fully saturated rings. The fourth-order valence-corrected chi connectivity index (χ4v) is 4.69. The highest BCUT2D eigenvalue weighted by molar-refractivity contribution is 7.91. The minimum Gasteiger partial charge on any atom is -0.388 e. The van der Waals surface area contributed by atoms with Gasteiger partial charge in [0.2, 0.25) is 5.91 Å². The van der Waals surface area contributed by atoms with E-state index in [1.165, 1.54) is 18.0 Å². The Balaban J connectivity index is 2.03. The van der Waals surface area contributed by atoms with Gasteiger partial charge < -0.3 is 10.0 Å². The van der Waals surface area contributed by atoms with Crippen LogP contribution in [0.3, 0.4) is 0 Å². The van der Waals surface area contributed by atoms with Crippen LogP contribution in [0.4, 0.5) is 0 Å². The van der Waals surface area contributed by atoms with E-state index >= 15 is 0 Å². The number of hydrogen-bond acceptors (Lipinski definition) is 5. The van der Waals surface area contributed by atoms with E-state index in [0.29, 0.717) is 13.0 Å². The van der Waals surface area contributed by atoms with Crippen LogP contribution in [0.5, 0.6) is 0 Å². The Labute approximate surface area is 129 Å². The standard InChI is InChI=1S/C13H20N2O4S2/c1-13(17)6-4-7-15(10-13)11(16)9-14(2)21(18,19)12-5-3-8-20-12/h3,5,8,17H,4,6-7,9-10H2,1-2H3. The van der Waals surface area contributed by atoms with Crippen molar-refractivity contribution in [3.8, 4) is 0 Å². The monoisotopic (exact) mass is 332 g/mol. The maximum atomic E-state index is 12.3. The summed E-state index contributed by atoms with van der Waals surface area (Å²) in [5.41, 5.74) is -0.890. The van der Waals surface area contributed by atoms with Gasteiger partial charge in [0.05, 0.1) is 12.1 Å². The fourth-order valence-electron chi connectivity index (χ4n) is 2.37. The van der Waals surface area contributed by atoms with E-state index in [-0.39, 0.29) is 23.2 Å². The zero-order chi connectivity index (χ0) is 15.7. The number of likely N-dealkylation sites (tertiary alicyclic amines) is 1. The van der Waals surface area contributed by atoms with Gasteiger partial charge in [0.25, 0.3) is 10.0 Å². The molecule has 21 heavy (non-hydrogen) atoms. The Morgan fingerprint density at radius 1 is 1.57 bits per heavy atom. The van der Waals surface area contributed by atoms with E-state index in [4.69, 9.17) is 0 Å². The Hall–Kier alpha value is -0.960. The highest BCUT2D eigenvalue weighted by Gasteiger charge is 2.32. The lowest BCUT2D eigenvalue weighted by molar-refractivity contribution is -0.137. The molecule has 0 radical (unpaired) electrons. The zero-order valence-electron chi connectivity index (χ0n) is 12.2. The lowest BCUT2D eigenvalue weighted by atomic mass is 9.95. The molecule has 0 aliphatic carbocycles. The number of hydrogen-bond donors (Lipinski definition) is 1. The molecule has 0 saturated carbocycles. The van der Waals surface area contributed by atoms with Crippen LogP contribution in [0.2, 0.25) is 0 Å². The molecular formula is C13H20N2O4S2. The number of aliphatic hydroxyl groups is 1. The fraction of sp³-hybridized carbons (Fsp3) is 0.615. The number of thiophene rings is 1. The summed E-state index contributed by atoms with van der Waals surface area (Å²) in [6.07, 6.45) is 1.38. The lowest BCUT2D eigenvalue weighted by Gasteiger charge is -2.37. The van der Waals surface area contributed by atoms with Crippen LogP contribution < -0.4 is 0 Å². The third-order valence-corrected chi connectivity index (χ3v) is 6.72. The molecule has 1 atom stereocenters. The van der Waals surface area contributed by atoms with Gasteiger partial charge in [-0.3, -0.25) is 4.79 Å². The lowest BCUT2D eigenvalue weighted by Crippen LogP contribution is -2.51. The molecule has 1 aliphatic rings. The Kier molecular flexibility index (Phi) is 4.72. The molecule has 2 heterocycles. The van der Waals surface area contributed by atoms with E-state index in [0.717, 1.165) is 22.1 Å². The van der Waals surface area contributed by atoms with Crippen LogP contribution in [0, 0.1) is 0 Å². The Bertz CT molecular complexity index is 596. The average Bonchev–Trinajstić information content (AvgIpc) is 2.91. The van der Waals surface area contributed by atoms with Gasteiger partial charge in [-0.2, -0.15) is 4.31 Å². The van der Waals surface area contributed by atoms with Crippen molar-refractivity contribution in [2.75, 3.05) is 26.7 Å². The van der Waals surface area contributed by atoms with Crippen LogP contribution >= 0.6 is 11.3 Å². The molecule has 1 aromatic heterocycles. The van der Waals surface area contributed by atoms with Crippen molar-refractivity contribution in [2.45, 2.75) is 29.6 Å². The molecular weight excluding hydrogens is 312 g/mol. The minimum atomic E-state index is -3.62. The Morgan fingerprint density at radius 2 is 2.29 bits per heavy atom. The van der Waals surface area contributed by atoms with Crippen molar-refractivity contribution >= 4 is 27.3 Å². The van der Waals surface area contributed by atoms with Crippen LogP contribution in [-0.4, -0.2) is 60.9 Å². The first-order valence-electron chi connectivity index (χ1n) is 6.72. The summed E-state index contributed by atoms with van der Waals surface area (Å²) in [5.74, 6) is -0.280. The molecule has 0 spiro atoms. The molecule has 0 aromatic carbocycles. The number of β-amino-alcohol motifs (C(OH)–C–C–N with tert-alkyl or cyclic N) is 1. The molecule has 8 heteroatoms. The topological polar surface area (TPSA) is 77.9 Å². The SMILES string of the molecule is CN(CC(=O)N1CCCC(C)(O)C1)S(=O)(=O)c1cccs1. The smallest absolute Gasteiger partial charge is 0.252 e. The van der Waals surface area contributed by atoms with Gasteiger partial charge in [0.1, 0.15) is 4.21 Å². The van der Waals surface area contributed by atoms with Crippen LogP contribution in [0.15, 0.2) is 21.7 Å². The van der Waals surface area contributed by atoms with Gasteiger partial charge >= 0.3 is 0 Å². The van der Waals surface area contributed by atoms with Gasteiger partial charge in [-0.1, -0.05) is 6.07 Å². The van der Waals surface area contributed by atoms with Crippen molar-refractivity contribution in [3.05, 3.63) is 17.5 Å². The van der Waals surface area contributed by atoms with Gasteiger partial charge in [-0.25, -0.2) is 8.42 Å². The third kappa shape index (κ3) is 3.82. The highest BCUT2D eigenvalue weighted by Crippen LogP contribution is 2.22. The number of rotatable bonds is 4. The van der Waals surface area contributed by atoms with Crippen LogP contribution in [0.1, 0.15) is 19.8 Å². The van der Waals surface area contributed by atoms with Gasteiger partial charge in [-0.05, 0) is 31.2 Å². The maximum Gasteiger partial charge on any atom is 0.252 e. The highest BCUT2D eigenvalue weighted by atomic mass is 32.2. The summed E-state index contributed by atoms with van der Waals surface area (Å²) >= 11 is 1.13. The average molecular weight is 332 g/mol. The summed E-state index contributed by atoms with van der Waals surface area (Å²) in [6, 6.07) is 3.18. The molecule has 1 amide bonds. The van der Waals surface area contributed by atoms with Crippen LogP contribution in [0.25, 0.3) is 0 Å². The van der Waals surface area contributed by atoms with Gasteiger partial charge in [0.15, 0.2) is 0 Å². The maximum absolute atomic E-state index is 12.3. The van der Waals surface area contributed by atoms with Crippen molar-refractivity contribution in [1.82, 2.24) is 9.21 Å². The number of amides is 1. The largest absolute Gasteiger partial charge is 0.388 e. The second-order valence-electron chi connectivity index (χ2n) is 5.61. The van der Waals surface area contributed by atoms with E-state index in [2.05, 4.69) is 0 Å². The zero-order valence-corrected chi connectivity index (χ0v) is 13.8. The first-order valence-corrected chi connectivity index (χ1v) is 9.04. The predicted molar refractivity (Wildman–Crippen MR) is 80.6 cm³/mol. The number of carbonyl (C=O) groups excluding carboxylic acids is 1. The van der Waals surface area contributed by atoms with Crippen molar-refractivity contribution < 1.29 is 18.3 Å². The van der Waals surface area contributed by atoms with E-state index in [9.17, 15) is 18.3 Å². The summed E-state index contributed by atoms with van der Waals surface area (Å²) < 4.78 is 25.8. The molecule has 1 saturated heterocycles.